The maximum atomic E-state index is 12.3. The van der Waals surface area contributed by atoms with Gasteiger partial charge in [0, 0.05) is 6.54 Å². The molecule has 0 aliphatic carbocycles. The lowest BCUT2D eigenvalue weighted by molar-refractivity contribution is 0.0470. The summed E-state index contributed by atoms with van der Waals surface area (Å²) in [5.41, 5.74) is 2.01. The van der Waals surface area contributed by atoms with Crippen LogP contribution < -0.4 is 0 Å². The van der Waals surface area contributed by atoms with Crippen molar-refractivity contribution in [1.82, 2.24) is 9.78 Å². The zero-order valence-corrected chi connectivity index (χ0v) is 15.5. The van der Waals surface area contributed by atoms with E-state index in [1.807, 2.05) is 13.8 Å². The van der Waals surface area contributed by atoms with Gasteiger partial charge in [0.25, 0.3) is 0 Å². The van der Waals surface area contributed by atoms with E-state index in [1.165, 1.54) is 7.11 Å². The lowest BCUT2D eigenvalue weighted by Crippen LogP contribution is -2.08. The topological polar surface area (TPSA) is 70.4 Å². The predicted octanol–water partition coefficient (Wildman–Crippen LogP) is 3.64. The van der Waals surface area contributed by atoms with Crippen LogP contribution in [-0.4, -0.2) is 28.8 Å². The van der Waals surface area contributed by atoms with Crippen LogP contribution in [0.15, 0.2) is 24.3 Å². The lowest BCUT2D eigenvalue weighted by Gasteiger charge is -2.07. The van der Waals surface area contributed by atoms with Gasteiger partial charge in [0.15, 0.2) is 0 Å². The van der Waals surface area contributed by atoms with Gasteiger partial charge < -0.3 is 9.47 Å². The number of rotatable bonds is 6. The van der Waals surface area contributed by atoms with Crippen molar-refractivity contribution in [2.45, 2.75) is 33.9 Å². The molecule has 6 nitrogen and oxygen atoms in total. The number of aryl methyl sites for hydroxylation is 1. The molecule has 7 heteroatoms. The summed E-state index contributed by atoms with van der Waals surface area (Å²) < 4.78 is 11.6. The highest BCUT2D eigenvalue weighted by Gasteiger charge is 2.22. The van der Waals surface area contributed by atoms with Crippen molar-refractivity contribution < 1.29 is 19.1 Å². The van der Waals surface area contributed by atoms with E-state index in [9.17, 15) is 9.59 Å². The molecular formula is C18H21ClN2O4. The Morgan fingerprint density at radius 2 is 1.84 bits per heavy atom. The normalized spacial score (nSPS) is 10.8. The van der Waals surface area contributed by atoms with Crippen molar-refractivity contribution in [3.63, 3.8) is 0 Å². The molecule has 1 heterocycles. The maximum Gasteiger partial charge on any atom is 0.343 e. The largest absolute Gasteiger partial charge is 0.465 e. The molecule has 1 aromatic carbocycles. The Morgan fingerprint density at radius 1 is 1.20 bits per heavy atom. The van der Waals surface area contributed by atoms with E-state index in [4.69, 9.17) is 16.3 Å². The third kappa shape index (κ3) is 4.60. The summed E-state index contributed by atoms with van der Waals surface area (Å²) >= 11 is 6.27. The molecule has 2 aromatic rings. The number of carbonyl (C=O) groups is 2. The van der Waals surface area contributed by atoms with Crippen LogP contribution >= 0.6 is 11.6 Å². The van der Waals surface area contributed by atoms with Crippen LogP contribution in [0, 0.1) is 12.8 Å². The first-order chi connectivity index (χ1) is 11.8. The van der Waals surface area contributed by atoms with Gasteiger partial charge in [-0.2, -0.15) is 5.10 Å². The second-order valence-electron chi connectivity index (χ2n) is 6.09. The predicted molar refractivity (Wildman–Crippen MR) is 93.7 cm³/mol. The molecule has 0 N–H and O–H groups in total. The number of hydrogen-bond acceptors (Lipinski definition) is 5. The molecule has 134 valence electrons. The summed E-state index contributed by atoms with van der Waals surface area (Å²) in [5, 5.41) is 4.59. The van der Waals surface area contributed by atoms with Gasteiger partial charge >= 0.3 is 11.9 Å². The van der Waals surface area contributed by atoms with Crippen LogP contribution in [0.3, 0.4) is 0 Å². The van der Waals surface area contributed by atoms with Gasteiger partial charge in [-0.05, 0) is 30.5 Å². The first kappa shape index (κ1) is 19.0. The fraction of sp³-hybridized carbons (Fsp3) is 0.389. The Balaban J connectivity index is 2.05. The summed E-state index contributed by atoms with van der Waals surface area (Å²) in [6.07, 6.45) is 0. The van der Waals surface area contributed by atoms with E-state index < -0.39 is 11.9 Å². The second kappa shape index (κ2) is 8.16. The van der Waals surface area contributed by atoms with Gasteiger partial charge in [-0.15, -0.1) is 0 Å². The van der Waals surface area contributed by atoms with Crippen LogP contribution in [0.1, 0.15) is 45.8 Å². The molecule has 0 atom stereocenters. The van der Waals surface area contributed by atoms with Crippen molar-refractivity contribution in [1.29, 1.82) is 0 Å². The molecule has 0 aliphatic heterocycles. The number of nitrogens with zero attached hydrogens (tertiary/aromatic N) is 2. The number of hydrogen-bond donors (Lipinski definition) is 0. The highest BCUT2D eigenvalue weighted by molar-refractivity contribution is 6.32. The molecule has 0 unspecified atom stereocenters. The van der Waals surface area contributed by atoms with Crippen LogP contribution in [0.2, 0.25) is 5.15 Å². The summed E-state index contributed by atoms with van der Waals surface area (Å²) in [6.45, 7) is 6.52. The first-order valence-corrected chi connectivity index (χ1v) is 8.28. The van der Waals surface area contributed by atoms with Gasteiger partial charge in [0.2, 0.25) is 0 Å². The molecule has 0 spiro atoms. The van der Waals surface area contributed by atoms with E-state index in [-0.39, 0.29) is 17.3 Å². The fourth-order valence-electron chi connectivity index (χ4n) is 2.33. The summed E-state index contributed by atoms with van der Waals surface area (Å²) in [4.78, 5) is 23.7. The fourth-order valence-corrected chi connectivity index (χ4v) is 2.65. The quantitative estimate of drug-likeness (QED) is 0.732. The Kier molecular flexibility index (Phi) is 6.20. The third-order valence-corrected chi connectivity index (χ3v) is 3.94. The van der Waals surface area contributed by atoms with E-state index in [0.29, 0.717) is 23.7 Å². The van der Waals surface area contributed by atoms with E-state index in [0.717, 1.165) is 5.56 Å². The number of benzene rings is 1. The number of ether oxygens (including phenoxy) is 2. The highest BCUT2D eigenvalue weighted by Crippen LogP contribution is 2.22. The monoisotopic (exact) mass is 364 g/mol. The minimum absolute atomic E-state index is 0.0748. The summed E-state index contributed by atoms with van der Waals surface area (Å²) in [7, 11) is 1.32. The van der Waals surface area contributed by atoms with Gasteiger partial charge in [0.1, 0.15) is 17.3 Å². The molecule has 25 heavy (non-hydrogen) atoms. The average molecular weight is 365 g/mol. The van der Waals surface area contributed by atoms with Gasteiger partial charge in [0.05, 0.1) is 18.4 Å². The van der Waals surface area contributed by atoms with Crippen LogP contribution in [0.25, 0.3) is 0 Å². The first-order valence-electron chi connectivity index (χ1n) is 7.90. The van der Waals surface area contributed by atoms with E-state index in [1.54, 1.807) is 35.9 Å². The Labute approximate surface area is 151 Å². The zero-order valence-electron chi connectivity index (χ0n) is 14.7. The molecule has 0 aliphatic rings. The van der Waals surface area contributed by atoms with Crippen molar-refractivity contribution in [3.05, 3.63) is 51.8 Å². The summed E-state index contributed by atoms with van der Waals surface area (Å²) in [6, 6.07) is 6.65. The van der Waals surface area contributed by atoms with E-state index >= 15 is 0 Å². The molecule has 0 bridgehead atoms. The number of methoxy groups -OCH3 is 1. The van der Waals surface area contributed by atoms with Crippen LogP contribution in [0.4, 0.5) is 0 Å². The third-order valence-electron chi connectivity index (χ3n) is 3.55. The van der Waals surface area contributed by atoms with Crippen LogP contribution in [0.5, 0.6) is 0 Å². The molecular weight excluding hydrogens is 344 g/mol. The van der Waals surface area contributed by atoms with Gasteiger partial charge in [-0.3, -0.25) is 4.68 Å². The SMILES string of the molecule is COC(=O)c1ccc(COC(=O)c2c(C)nn(CC(C)C)c2Cl)cc1. The average Bonchev–Trinajstić information content (AvgIpc) is 2.85. The van der Waals surface area contributed by atoms with Crippen molar-refractivity contribution in [2.75, 3.05) is 7.11 Å². The number of carbonyl (C=O) groups excluding carboxylic acids is 2. The maximum absolute atomic E-state index is 12.3. The second-order valence-corrected chi connectivity index (χ2v) is 6.45. The number of aromatic nitrogens is 2. The molecule has 1 aromatic heterocycles. The summed E-state index contributed by atoms with van der Waals surface area (Å²) in [5.74, 6) is -0.577. The number of halogens is 1. The van der Waals surface area contributed by atoms with Gasteiger partial charge in [-0.25, -0.2) is 9.59 Å². The smallest absolute Gasteiger partial charge is 0.343 e. The lowest BCUT2D eigenvalue weighted by atomic mass is 10.1. The Bertz CT molecular complexity index is 766. The molecule has 0 amide bonds. The van der Waals surface area contributed by atoms with Crippen molar-refractivity contribution >= 4 is 23.5 Å². The molecule has 0 radical (unpaired) electrons. The Morgan fingerprint density at radius 3 is 2.40 bits per heavy atom. The van der Waals surface area contributed by atoms with Crippen molar-refractivity contribution in [2.24, 2.45) is 5.92 Å². The molecule has 0 saturated carbocycles. The molecule has 0 fully saturated rings. The van der Waals surface area contributed by atoms with Gasteiger partial charge in [-0.1, -0.05) is 37.6 Å². The minimum atomic E-state index is -0.519. The van der Waals surface area contributed by atoms with E-state index in [2.05, 4.69) is 9.84 Å². The molecule has 2 rings (SSSR count). The highest BCUT2D eigenvalue weighted by atomic mass is 35.5. The zero-order chi connectivity index (χ0) is 18.6. The Hall–Kier alpha value is -2.34. The van der Waals surface area contributed by atoms with Crippen LogP contribution in [-0.2, 0) is 22.6 Å². The standard InChI is InChI=1S/C18H21ClN2O4/c1-11(2)9-21-16(19)15(12(3)20-21)18(23)25-10-13-5-7-14(8-6-13)17(22)24-4/h5-8,11H,9-10H2,1-4H3. The minimum Gasteiger partial charge on any atom is -0.465 e. The van der Waals surface area contributed by atoms with Crippen molar-refractivity contribution in [3.8, 4) is 0 Å². The number of esters is 2. The molecule has 0 saturated heterocycles.